The molecule has 8 heteroatoms. The first-order valence-electron chi connectivity index (χ1n) is 9.42. The zero-order chi connectivity index (χ0) is 21.3. The SMILES string of the molecule is COc1ccc(CN(c2cccc(C)c2)S(=O)(=O)c2ccc3nnc(C)n3c2)cc1. The van der Waals surface area contributed by atoms with Gasteiger partial charge in [-0.1, -0.05) is 24.3 Å². The van der Waals surface area contributed by atoms with Crippen LogP contribution in [0.15, 0.2) is 71.8 Å². The van der Waals surface area contributed by atoms with Gasteiger partial charge in [0.2, 0.25) is 0 Å². The van der Waals surface area contributed by atoms with Crippen LogP contribution in [-0.2, 0) is 16.6 Å². The fourth-order valence-corrected chi connectivity index (χ4v) is 4.70. The number of pyridine rings is 1. The Morgan fingerprint density at radius 1 is 1.00 bits per heavy atom. The van der Waals surface area contributed by atoms with Crippen LogP contribution in [0.1, 0.15) is 17.0 Å². The summed E-state index contributed by atoms with van der Waals surface area (Å²) < 4.78 is 35.7. The molecule has 0 radical (unpaired) electrons. The Morgan fingerprint density at radius 3 is 2.47 bits per heavy atom. The average Bonchev–Trinajstić information content (AvgIpc) is 3.12. The van der Waals surface area contributed by atoms with E-state index in [-0.39, 0.29) is 11.4 Å². The third-order valence-electron chi connectivity index (χ3n) is 4.91. The summed E-state index contributed by atoms with van der Waals surface area (Å²) in [6.45, 7) is 3.91. The lowest BCUT2D eigenvalue weighted by Gasteiger charge is -2.25. The minimum Gasteiger partial charge on any atom is -0.497 e. The molecule has 0 bridgehead atoms. The van der Waals surface area contributed by atoms with Crippen molar-refractivity contribution in [2.75, 3.05) is 11.4 Å². The molecule has 0 spiro atoms. The molecule has 0 saturated heterocycles. The highest BCUT2D eigenvalue weighted by atomic mass is 32.2. The normalized spacial score (nSPS) is 11.6. The number of hydrogen-bond acceptors (Lipinski definition) is 5. The minimum atomic E-state index is -3.85. The van der Waals surface area contributed by atoms with Crippen LogP contribution in [0.25, 0.3) is 5.65 Å². The van der Waals surface area contributed by atoms with Crippen molar-refractivity contribution in [3.05, 3.63) is 83.8 Å². The number of nitrogens with zero attached hydrogens (tertiary/aromatic N) is 4. The lowest BCUT2D eigenvalue weighted by molar-refractivity contribution is 0.414. The average molecular weight is 423 g/mol. The topological polar surface area (TPSA) is 76.8 Å². The maximum atomic E-state index is 13.7. The second-order valence-electron chi connectivity index (χ2n) is 7.04. The first kappa shape index (κ1) is 19.9. The van der Waals surface area contributed by atoms with Crippen LogP contribution in [0.5, 0.6) is 5.75 Å². The van der Waals surface area contributed by atoms with E-state index >= 15 is 0 Å². The quantitative estimate of drug-likeness (QED) is 0.473. The Morgan fingerprint density at radius 2 is 1.77 bits per heavy atom. The molecule has 2 aromatic carbocycles. The highest BCUT2D eigenvalue weighted by molar-refractivity contribution is 7.92. The number of aromatic nitrogens is 3. The second kappa shape index (κ2) is 7.79. The number of fused-ring (bicyclic) bond motifs is 1. The molecular formula is C22H22N4O3S. The van der Waals surface area contributed by atoms with Gasteiger partial charge in [0.25, 0.3) is 10.0 Å². The van der Waals surface area contributed by atoms with Gasteiger partial charge in [-0.25, -0.2) is 8.42 Å². The van der Waals surface area contributed by atoms with Crippen molar-refractivity contribution in [1.29, 1.82) is 0 Å². The van der Waals surface area contributed by atoms with Crippen LogP contribution in [0.4, 0.5) is 5.69 Å². The van der Waals surface area contributed by atoms with E-state index in [1.165, 1.54) is 4.31 Å². The molecule has 7 nitrogen and oxygen atoms in total. The number of rotatable bonds is 6. The molecule has 30 heavy (non-hydrogen) atoms. The molecule has 0 fully saturated rings. The van der Waals surface area contributed by atoms with Crippen molar-refractivity contribution in [3.8, 4) is 5.75 Å². The molecular weight excluding hydrogens is 400 g/mol. The third kappa shape index (κ3) is 3.73. The van der Waals surface area contributed by atoms with Crippen LogP contribution in [-0.4, -0.2) is 30.1 Å². The predicted octanol–water partition coefficient (Wildman–Crippen LogP) is 3.75. The maximum absolute atomic E-state index is 13.7. The Balaban J connectivity index is 1.81. The number of hydrogen-bond donors (Lipinski definition) is 0. The minimum absolute atomic E-state index is 0.174. The van der Waals surface area contributed by atoms with Crippen molar-refractivity contribution in [2.24, 2.45) is 0 Å². The van der Waals surface area contributed by atoms with Gasteiger partial charge in [0.05, 0.1) is 19.3 Å². The number of methoxy groups -OCH3 is 1. The van der Waals surface area contributed by atoms with Crippen molar-refractivity contribution >= 4 is 21.4 Å². The second-order valence-corrected chi connectivity index (χ2v) is 8.90. The Kier molecular flexibility index (Phi) is 5.17. The van der Waals surface area contributed by atoms with Gasteiger partial charge in [-0.3, -0.25) is 8.71 Å². The number of benzene rings is 2. The van der Waals surface area contributed by atoms with Crippen molar-refractivity contribution in [3.63, 3.8) is 0 Å². The van der Waals surface area contributed by atoms with Gasteiger partial charge in [0.1, 0.15) is 16.5 Å². The van der Waals surface area contributed by atoms with Crippen LogP contribution in [0.3, 0.4) is 0 Å². The van der Waals surface area contributed by atoms with E-state index in [0.29, 0.717) is 17.2 Å². The molecule has 0 aliphatic heterocycles. The Labute approximate surface area is 175 Å². The van der Waals surface area contributed by atoms with Crippen molar-refractivity contribution < 1.29 is 13.2 Å². The summed E-state index contributed by atoms with van der Waals surface area (Å²) in [4.78, 5) is 0.174. The van der Waals surface area contributed by atoms with Crippen LogP contribution < -0.4 is 9.04 Å². The maximum Gasteiger partial charge on any atom is 0.266 e. The highest BCUT2D eigenvalue weighted by Gasteiger charge is 2.26. The van der Waals surface area contributed by atoms with Crippen molar-refractivity contribution in [2.45, 2.75) is 25.3 Å². The molecule has 0 aliphatic carbocycles. The summed E-state index contributed by atoms with van der Waals surface area (Å²) in [5, 5.41) is 8.04. The number of anilines is 1. The molecule has 0 atom stereocenters. The Bertz CT molecular complexity index is 1300. The lowest BCUT2D eigenvalue weighted by Crippen LogP contribution is -2.30. The van der Waals surface area contributed by atoms with Crippen molar-refractivity contribution in [1.82, 2.24) is 14.6 Å². The molecule has 0 aliphatic rings. The fraction of sp³-hybridized carbons (Fsp3) is 0.182. The summed E-state index contributed by atoms with van der Waals surface area (Å²) in [5.74, 6) is 1.34. The molecule has 0 amide bonds. The van der Waals surface area contributed by atoms with Gasteiger partial charge in [-0.15, -0.1) is 10.2 Å². The van der Waals surface area contributed by atoms with E-state index in [9.17, 15) is 8.42 Å². The first-order chi connectivity index (χ1) is 14.4. The zero-order valence-electron chi connectivity index (χ0n) is 17.0. The highest BCUT2D eigenvalue weighted by Crippen LogP contribution is 2.27. The molecule has 0 saturated carbocycles. The monoisotopic (exact) mass is 422 g/mol. The molecule has 4 rings (SSSR count). The fourth-order valence-electron chi connectivity index (χ4n) is 3.26. The molecule has 0 unspecified atom stereocenters. The van der Waals surface area contributed by atoms with E-state index in [1.54, 1.807) is 42.8 Å². The van der Waals surface area contributed by atoms with Crippen LogP contribution >= 0.6 is 0 Å². The number of sulfonamides is 1. The van der Waals surface area contributed by atoms with Gasteiger partial charge in [-0.2, -0.15) is 0 Å². The summed E-state index contributed by atoms with van der Waals surface area (Å²) in [5.41, 5.74) is 3.03. The lowest BCUT2D eigenvalue weighted by atomic mass is 10.2. The van der Waals surface area contributed by atoms with E-state index in [0.717, 1.165) is 16.9 Å². The summed E-state index contributed by atoms with van der Waals surface area (Å²) in [6, 6.07) is 18.1. The molecule has 4 aromatic rings. The summed E-state index contributed by atoms with van der Waals surface area (Å²) in [7, 11) is -2.25. The van der Waals surface area contributed by atoms with Crippen LogP contribution in [0, 0.1) is 13.8 Å². The number of aryl methyl sites for hydroxylation is 2. The van der Waals surface area contributed by atoms with E-state index in [1.807, 2.05) is 49.4 Å². The predicted molar refractivity (Wildman–Crippen MR) is 115 cm³/mol. The number of ether oxygens (including phenoxy) is 1. The molecule has 154 valence electrons. The largest absolute Gasteiger partial charge is 0.497 e. The van der Waals surface area contributed by atoms with E-state index < -0.39 is 10.0 Å². The van der Waals surface area contributed by atoms with Crippen LogP contribution in [0.2, 0.25) is 0 Å². The summed E-state index contributed by atoms with van der Waals surface area (Å²) >= 11 is 0. The van der Waals surface area contributed by atoms with Gasteiger partial charge < -0.3 is 4.74 Å². The Hall–Kier alpha value is -3.39. The van der Waals surface area contributed by atoms with E-state index in [2.05, 4.69) is 10.2 Å². The molecule has 2 aromatic heterocycles. The van der Waals surface area contributed by atoms with Gasteiger partial charge in [0, 0.05) is 6.20 Å². The smallest absolute Gasteiger partial charge is 0.266 e. The van der Waals surface area contributed by atoms with Gasteiger partial charge in [-0.05, 0) is 61.4 Å². The van der Waals surface area contributed by atoms with E-state index in [4.69, 9.17) is 4.74 Å². The molecule has 2 heterocycles. The standard InChI is InChI=1S/C22H22N4O3S/c1-16-5-4-6-19(13-16)26(14-18-7-9-20(29-3)10-8-18)30(27,28)21-11-12-22-24-23-17(2)25(22)15-21/h4-13,15H,14H2,1-3H3. The van der Waals surface area contributed by atoms with Gasteiger partial charge in [0.15, 0.2) is 5.65 Å². The third-order valence-corrected chi connectivity index (χ3v) is 6.67. The first-order valence-corrected chi connectivity index (χ1v) is 10.9. The zero-order valence-corrected chi connectivity index (χ0v) is 17.8. The molecule has 0 N–H and O–H groups in total. The van der Waals surface area contributed by atoms with Gasteiger partial charge >= 0.3 is 0 Å². The summed E-state index contributed by atoms with van der Waals surface area (Å²) in [6.07, 6.45) is 1.57.